The van der Waals surface area contributed by atoms with Gasteiger partial charge in [0, 0.05) is 22.7 Å². The lowest BCUT2D eigenvalue weighted by Crippen LogP contribution is -2.28. The standard InChI is InChI=1S/C26H27BrN4O4S/c1-4-5-19-13-24(32)29-26(28-19)36-15-25(33)31-21(17-8-11-22(34-2)23(12-17)35-3)14-20(30-31)16-6-9-18(27)10-7-16/h6-13,21H,4-5,14-15H2,1-3H3,(H,28,29,32). The van der Waals surface area contributed by atoms with E-state index in [-0.39, 0.29) is 23.3 Å². The highest BCUT2D eigenvalue weighted by Crippen LogP contribution is 2.38. The maximum absolute atomic E-state index is 13.4. The maximum atomic E-state index is 13.4. The highest BCUT2D eigenvalue weighted by Gasteiger charge is 2.33. The Bertz CT molecular complexity index is 1330. The van der Waals surface area contributed by atoms with Crippen LogP contribution in [0.1, 0.15) is 42.6 Å². The number of amides is 1. The first-order chi connectivity index (χ1) is 17.4. The molecule has 2 aromatic carbocycles. The van der Waals surface area contributed by atoms with Crippen molar-refractivity contribution in [2.75, 3.05) is 20.0 Å². The number of H-pyrrole nitrogens is 1. The van der Waals surface area contributed by atoms with E-state index in [2.05, 4.69) is 25.9 Å². The second-order valence-electron chi connectivity index (χ2n) is 8.21. The van der Waals surface area contributed by atoms with Gasteiger partial charge in [-0.3, -0.25) is 9.59 Å². The van der Waals surface area contributed by atoms with Gasteiger partial charge < -0.3 is 14.5 Å². The molecule has 4 rings (SSSR count). The van der Waals surface area contributed by atoms with Crippen LogP contribution >= 0.6 is 27.7 Å². The molecule has 1 atom stereocenters. The van der Waals surface area contributed by atoms with Crippen LogP contribution in [-0.2, 0) is 11.2 Å². The Morgan fingerprint density at radius 3 is 2.58 bits per heavy atom. The molecule has 0 fully saturated rings. The number of ether oxygens (including phenoxy) is 2. The summed E-state index contributed by atoms with van der Waals surface area (Å²) in [7, 11) is 3.17. The zero-order chi connectivity index (χ0) is 25.7. The number of hydrogen-bond donors (Lipinski definition) is 1. The summed E-state index contributed by atoms with van der Waals surface area (Å²) in [5.74, 6) is 1.10. The lowest BCUT2D eigenvalue weighted by molar-refractivity contribution is -0.130. The number of aromatic amines is 1. The third-order valence-corrected chi connectivity index (χ3v) is 7.13. The van der Waals surface area contributed by atoms with Crippen molar-refractivity contribution in [3.63, 3.8) is 0 Å². The summed E-state index contributed by atoms with van der Waals surface area (Å²) < 4.78 is 11.8. The van der Waals surface area contributed by atoms with Crippen molar-refractivity contribution in [3.8, 4) is 11.5 Å². The number of nitrogens with one attached hydrogen (secondary N) is 1. The smallest absolute Gasteiger partial charge is 0.253 e. The number of carbonyl (C=O) groups excluding carboxylic acids is 1. The Labute approximate surface area is 222 Å². The number of benzene rings is 2. The van der Waals surface area contributed by atoms with E-state index in [9.17, 15) is 9.59 Å². The third-order valence-electron chi connectivity index (χ3n) is 5.75. The number of thioether (sulfide) groups is 1. The van der Waals surface area contributed by atoms with Crippen molar-refractivity contribution in [2.24, 2.45) is 5.10 Å². The van der Waals surface area contributed by atoms with Gasteiger partial charge in [-0.1, -0.05) is 59.2 Å². The van der Waals surface area contributed by atoms with Crippen molar-refractivity contribution in [3.05, 3.63) is 80.2 Å². The summed E-state index contributed by atoms with van der Waals surface area (Å²) in [6.45, 7) is 2.03. The molecule has 188 valence electrons. The zero-order valence-corrected chi connectivity index (χ0v) is 22.7. The number of halogens is 1. The van der Waals surface area contributed by atoms with E-state index in [0.29, 0.717) is 29.5 Å². The number of carbonyl (C=O) groups is 1. The van der Waals surface area contributed by atoms with Gasteiger partial charge in [0.1, 0.15) is 0 Å². The quantitative estimate of drug-likeness (QED) is 0.288. The number of aryl methyl sites for hydroxylation is 1. The molecule has 0 spiro atoms. The SMILES string of the molecule is CCCc1cc(=O)[nH]c(SCC(=O)N2N=C(c3ccc(Br)cc3)CC2c2ccc(OC)c(OC)c2)n1. The van der Waals surface area contributed by atoms with Crippen LogP contribution in [-0.4, -0.2) is 46.6 Å². The monoisotopic (exact) mass is 570 g/mol. The normalized spacial score (nSPS) is 15.1. The van der Waals surface area contributed by atoms with E-state index in [4.69, 9.17) is 14.6 Å². The minimum atomic E-state index is -0.310. The average Bonchev–Trinajstić information content (AvgIpc) is 3.33. The van der Waals surface area contributed by atoms with E-state index in [1.54, 1.807) is 14.2 Å². The summed E-state index contributed by atoms with van der Waals surface area (Å²) >= 11 is 4.67. The molecule has 0 saturated carbocycles. The molecule has 0 aliphatic carbocycles. The largest absolute Gasteiger partial charge is 0.493 e. The molecule has 0 radical (unpaired) electrons. The van der Waals surface area contributed by atoms with Gasteiger partial charge in [-0.2, -0.15) is 5.10 Å². The van der Waals surface area contributed by atoms with Gasteiger partial charge in [0.2, 0.25) is 0 Å². The molecule has 1 aromatic heterocycles. The number of hydrazone groups is 1. The van der Waals surface area contributed by atoms with Crippen LogP contribution in [0.2, 0.25) is 0 Å². The van der Waals surface area contributed by atoms with Gasteiger partial charge >= 0.3 is 0 Å². The summed E-state index contributed by atoms with van der Waals surface area (Å²) in [5, 5.41) is 6.68. The fraction of sp³-hybridized carbons (Fsp3) is 0.308. The molecule has 10 heteroatoms. The molecule has 2 heterocycles. The van der Waals surface area contributed by atoms with Crippen LogP contribution in [0.4, 0.5) is 0 Å². The van der Waals surface area contributed by atoms with Crippen LogP contribution < -0.4 is 15.0 Å². The van der Waals surface area contributed by atoms with E-state index < -0.39 is 0 Å². The fourth-order valence-corrected chi connectivity index (χ4v) is 5.02. The molecule has 1 aliphatic heterocycles. The average molecular weight is 571 g/mol. The lowest BCUT2D eigenvalue weighted by atomic mass is 9.98. The van der Waals surface area contributed by atoms with Gasteiger partial charge in [-0.25, -0.2) is 9.99 Å². The van der Waals surface area contributed by atoms with Crippen LogP contribution in [0.3, 0.4) is 0 Å². The van der Waals surface area contributed by atoms with Crippen LogP contribution in [0.15, 0.2) is 68.1 Å². The number of aromatic nitrogens is 2. The van der Waals surface area contributed by atoms with Crippen LogP contribution in [0.5, 0.6) is 11.5 Å². The summed E-state index contributed by atoms with van der Waals surface area (Å²) in [6.07, 6.45) is 2.14. The summed E-state index contributed by atoms with van der Waals surface area (Å²) in [6, 6.07) is 14.7. The number of hydrogen-bond acceptors (Lipinski definition) is 7. The number of methoxy groups -OCH3 is 2. The van der Waals surface area contributed by atoms with E-state index in [0.717, 1.165) is 33.4 Å². The number of rotatable bonds is 9. The predicted molar refractivity (Wildman–Crippen MR) is 144 cm³/mol. The second kappa shape index (κ2) is 11.7. The van der Waals surface area contributed by atoms with E-state index in [1.807, 2.05) is 49.4 Å². The van der Waals surface area contributed by atoms with Crippen LogP contribution in [0.25, 0.3) is 0 Å². The molecule has 1 unspecified atom stereocenters. The van der Waals surface area contributed by atoms with Gasteiger partial charge in [0.05, 0.1) is 31.7 Å². The Balaban J connectivity index is 1.61. The van der Waals surface area contributed by atoms with Crippen molar-refractivity contribution in [1.82, 2.24) is 15.0 Å². The molecule has 1 amide bonds. The molecule has 0 saturated heterocycles. The van der Waals surface area contributed by atoms with Crippen molar-refractivity contribution < 1.29 is 14.3 Å². The van der Waals surface area contributed by atoms with Crippen molar-refractivity contribution in [1.29, 1.82) is 0 Å². The first-order valence-corrected chi connectivity index (χ1v) is 13.3. The Kier molecular flexibility index (Phi) is 8.48. The fourth-order valence-electron chi connectivity index (χ4n) is 4.01. The molecule has 1 aliphatic rings. The molecule has 1 N–H and O–H groups in total. The minimum Gasteiger partial charge on any atom is -0.493 e. The summed E-state index contributed by atoms with van der Waals surface area (Å²) in [5.41, 5.74) is 3.15. The third kappa shape index (κ3) is 5.99. The van der Waals surface area contributed by atoms with Gasteiger partial charge in [-0.15, -0.1) is 0 Å². The first-order valence-electron chi connectivity index (χ1n) is 11.5. The van der Waals surface area contributed by atoms with Crippen molar-refractivity contribution in [2.45, 2.75) is 37.4 Å². The zero-order valence-electron chi connectivity index (χ0n) is 20.3. The minimum absolute atomic E-state index is 0.0828. The van der Waals surface area contributed by atoms with E-state index in [1.165, 1.54) is 22.8 Å². The van der Waals surface area contributed by atoms with Gasteiger partial charge in [0.25, 0.3) is 11.5 Å². The molecule has 3 aromatic rings. The molecule has 0 bridgehead atoms. The predicted octanol–water partition coefficient (Wildman–Crippen LogP) is 4.97. The summed E-state index contributed by atoms with van der Waals surface area (Å²) in [4.78, 5) is 32.6. The van der Waals surface area contributed by atoms with Gasteiger partial charge in [0.15, 0.2) is 16.7 Å². The maximum Gasteiger partial charge on any atom is 0.253 e. The molecule has 8 nitrogen and oxygen atoms in total. The molecular weight excluding hydrogens is 544 g/mol. The molecular formula is C26H27BrN4O4S. The van der Waals surface area contributed by atoms with Crippen molar-refractivity contribution >= 4 is 39.3 Å². The van der Waals surface area contributed by atoms with Gasteiger partial charge in [-0.05, 0) is 41.8 Å². The topological polar surface area (TPSA) is 96.9 Å². The highest BCUT2D eigenvalue weighted by atomic mass is 79.9. The number of nitrogens with zero attached hydrogens (tertiary/aromatic N) is 3. The Morgan fingerprint density at radius 1 is 1.14 bits per heavy atom. The Morgan fingerprint density at radius 2 is 1.89 bits per heavy atom. The van der Waals surface area contributed by atoms with Crippen LogP contribution in [0, 0.1) is 0 Å². The second-order valence-corrected chi connectivity index (χ2v) is 10.1. The van der Waals surface area contributed by atoms with E-state index >= 15 is 0 Å². The Hall–Kier alpha value is -3.11. The highest BCUT2D eigenvalue weighted by molar-refractivity contribution is 9.10. The molecule has 36 heavy (non-hydrogen) atoms. The lowest BCUT2D eigenvalue weighted by Gasteiger charge is -2.22. The first kappa shape index (κ1) is 26.0.